The van der Waals surface area contributed by atoms with Gasteiger partial charge in [-0.15, -0.1) is 0 Å². The van der Waals surface area contributed by atoms with E-state index < -0.39 is 5.97 Å². The summed E-state index contributed by atoms with van der Waals surface area (Å²) in [7, 11) is 0. The second-order valence-electron chi connectivity index (χ2n) is 7.41. The van der Waals surface area contributed by atoms with Crippen LogP contribution in [0, 0.1) is 0 Å². The van der Waals surface area contributed by atoms with E-state index in [2.05, 4.69) is 47.6 Å². The second-order valence-corrected chi connectivity index (χ2v) is 7.41. The summed E-state index contributed by atoms with van der Waals surface area (Å²) in [5.41, 5.74) is 2.32. The van der Waals surface area contributed by atoms with Gasteiger partial charge in [-0.3, -0.25) is 4.79 Å². The number of likely N-dealkylation sites (tertiary alicyclic amines) is 1. The molecule has 2 aromatic rings. The van der Waals surface area contributed by atoms with Crippen molar-refractivity contribution in [1.29, 1.82) is 0 Å². The number of carboxylic acids is 1. The lowest BCUT2D eigenvalue weighted by Gasteiger charge is -2.33. The van der Waals surface area contributed by atoms with Crippen molar-refractivity contribution in [3.8, 4) is 0 Å². The van der Waals surface area contributed by atoms with E-state index in [-0.39, 0.29) is 6.42 Å². The van der Waals surface area contributed by atoms with Gasteiger partial charge < -0.3 is 14.6 Å². The van der Waals surface area contributed by atoms with Crippen LogP contribution in [-0.2, 0) is 4.79 Å². The molecule has 136 valence electrons. The summed E-state index contributed by atoms with van der Waals surface area (Å²) < 4.78 is 2.40. The maximum Gasteiger partial charge on any atom is 0.303 e. The predicted molar refractivity (Wildman–Crippen MR) is 100 cm³/mol. The zero-order valence-corrected chi connectivity index (χ0v) is 15.3. The van der Waals surface area contributed by atoms with Crippen molar-refractivity contribution in [1.82, 2.24) is 14.5 Å². The molecule has 1 aliphatic rings. The second kappa shape index (κ2) is 8.00. The van der Waals surface area contributed by atoms with Gasteiger partial charge in [0.1, 0.15) is 5.82 Å². The summed E-state index contributed by atoms with van der Waals surface area (Å²) in [5, 5.41) is 8.77. The monoisotopic (exact) mass is 343 g/mol. The number of nitrogens with zero attached hydrogens (tertiary/aromatic N) is 3. The Hall–Kier alpha value is -1.88. The van der Waals surface area contributed by atoms with Gasteiger partial charge in [-0.05, 0) is 64.8 Å². The van der Waals surface area contributed by atoms with E-state index >= 15 is 0 Å². The van der Waals surface area contributed by atoms with Crippen LogP contribution in [0.5, 0.6) is 0 Å². The molecule has 1 aromatic carbocycles. The zero-order valence-electron chi connectivity index (χ0n) is 15.3. The molecular formula is C20H29N3O2. The van der Waals surface area contributed by atoms with Crippen LogP contribution < -0.4 is 0 Å². The maximum atomic E-state index is 10.6. The van der Waals surface area contributed by atoms with Crippen LogP contribution in [0.15, 0.2) is 24.3 Å². The third kappa shape index (κ3) is 4.21. The zero-order chi connectivity index (χ0) is 17.8. The molecule has 1 aromatic heterocycles. The van der Waals surface area contributed by atoms with Crippen molar-refractivity contribution in [3.05, 3.63) is 30.1 Å². The third-order valence-corrected chi connectivity index (χ3v) is 5.13. The SMILES string of the molecule is CC(C)n1c(C2CCCN(CCCCC(=O)O)C2)nc2ccccc21. The Kier molecular flexibility index (Phi) is 5.74. The van der Waals surface area contributed by atoms with Gasteiger partial charge in [0.15, 0.2) is 0 Å². The van der Waals surface area contributed by atoms with Gasteiger partial charge in [0, 0.05) is 24.9 Å². The fourth-order valence-electron chi connectivity index (χ4n) is 3.97. The highest BCUT2D eigenvalue weighted by molar-refractivity contribution is 5.76. The van der Waals surface area contributed by atoms with Crippen LogP contribution in [-0.4, -0.2) is 45.2 Å². The standard InChI is InChI=1S/C20H29N3O2/c1-15(2)23-18-10-4-3-9-17(18)21-20(23)16-8-7-13-22(14-16)12-6-5-11-19(24)25/h3-4,9-10,15-16H,5-8,11-14H2,1-2H3,(H,24,25). The number of carboxylic acid groups (broad SMARTS) is 1. The summed E-state index contributed by atoms with van der Waals surface area (Å²) in [6.07, 6.45) is 4.37. The van der Waals surface area contributed by atoms with Crippen LogP contribution in [0.3, 0.4) is 0 Å². The topological polar surface area (TPSA) is 58.4 Å². The molecule has 0 spiro atoms. The molecule has 0 saturated carbocycles. The number of rotatable bonds is 7. The van der Waals surface area contributed by atoms with Crippen molar-refractivity contribution in [2.24, 2.45) is 0 Å². The van der Waals surface area contributed by atoms with Gasteiger partial charge in [-0.25, -0.2) is 4.98 Å². The van der Waals surface area contributed by atoms with Crippen molar-refractivity contribution in [2.45, 2.75) is 57.9 Å². The highest BCUT2D eigenvalue weighted by Gasteiger charge is 2.26. The Bertz CT molecular complexity index is 723. The molecule has 0 aliphatic carbocycles. The van der Waals surface area contributed by atoms with E-state index in [1.807, 2.05) is 0 Å². The first-order valence-corrected chi connectivity index (χ1v) is 9.47. The Morgan fingerprint density at radius 3 is 2.88 bits per heavy atom. The molecule has 5 nitrogen and oxygen atoms in total. The number of carbonyl (C=O) groups is 1. The van der Waals surface area contributed by atoms with Crippen LogP contribution in [0.2, 0.25) is 0 Å². The van der Waals surface area contributed by atoms with Crippen LogP contribution in [0.4, 0.5) is 0 Å². The van der Waals surface area contributed by atoms with Crippen molar-refractivity contribution >= 4 is 17.0 Å². The number of benzene rings is 1. The number of piperidine rings is 1. The minimum absolute atomic E-state index is 0.278. The van der Waals surface area contributed by atoms with Crippen molar-refractivity contribution in [2.75, 3.05) is 19.6 Å². The molecule has 5 heteroatoms. The van der Waals surface area contributed by atoms with Gasteiger partial charge in [0.05, 0.1) is 11.0 Å². The third-order valence-electron chi connectivity index (χ3n) is 5.13. The van der Waals surface area contributed by atoms with Gasteiger partial charge in [0.25, 0.3) is 0 Å². The maximum absolute atomic E-state index is 10.6. The van der Waals surface area contributed by atoms with E-state index in [1.165, 1.54) is 24.2 Å². The van der Waals surface area contributed by atoms with Gasteiger partial charge in [-0.1, -0.05) is 12.1 Å². The van der Waals surface area contributed by atoms with E-state index in [4.69, 9.17) is 10.1 Å². The Morgan fingerprint density at radius 2 is 2.12 bits per heavy atom. The molecule has 1 atom stereocenters. The summed E-state index contributed by atoms with van der Waals surface area (Å²) in [5.74, 6) is 0.983. The predicted octanol–water partition coefficient (Wildman–Crippen LogP) is 4.05. The van der Waals surface area contributed by atoms with Crippen LogP contribution >= 0.6 is 0 Å². The minimum Gasteiger partial charge on any atom is -0.481 e. The summed E-state index contributed by atoms with van der Waals surface area (Å²) in [6, 6.07) is 8.80. The molecule has 0 radical (unpaired) electrons. The van der Waals surface area contributed by atoms with Crippen molar-refractivity contribution < 1.29 is 9.90 Å². The number of aromatic nitrogens is 2. The van der Waals surface area contributed by atoms with Crippen molar-refractivity contribution in [3.63, 3.8) is 0 Å². The lowest BCUT2D eigenvalue weighted by Crippen LogP contribution is -2.36. The fourth-order valence-corrected chi connectivity index (χ4v) is 3.97. The Labute approximate surface area is 149 Å². The minimum atomic E-state index is -0.692. The number of para-hydroxylation sites is 2. The number of fused-ring (bicyclic) bond motifs is 1. The molecule has 1 N–H and O–H groups in total. The van der Waals surface area contributed by atoms with E-state index in [1.54, 1.807) is 0 Å². The highest BCUT2D eigenvalue weighted by atomic mass is 16.4. The fraction of sp³-hybridized carbons (Fsp3) is 0.600. The van der Waals surface area contributed by atoms with Gasteiger partial charge in [0.2, 0.25) is 0 Å². The van der Waals surface area contributed by atoms with Gasteiger partial charge >= 0.3 is 5.97 Å². The number of aliphatic carboxylic acids is 1. The molecule has 25 heavy (non-hydrogen) atoms. The largest absolute Gasteiger partial charge is 0.481 e. The van der Waals surface area contributed by atoms with E-state index in [0.29, 0.717) is 12.0 Å². The first-order chi connectivity index (χ1) is 12.1. The van der Waals surface area contributed by atoms with Crippen LogP contribution in [0.25, 0.3) is 11.0 Å². The normalized spacial score (nSPS) is 18.9. The number of hydrogen-bond donors (Lipinski definition) is 1. The number of imidazole rings is 1. The first-order valence-electron chi connectivity index (χ1n) is 9.47. The average molecular weight is 343 g/mol. The quantitative estimate of drug-likeness (QED) is 0.771. The molecule has 0 amide bonds. The van der Waals surface area contributed by atoms with E-state index in [0.717, 1.165) is 38.0 Å². The van der Waals surface area contributed by atoms with E-state index in [9.17, 15) is 4.79 Å². The summed E-state index contributed by atoms with van der Waals surface area (Å²) in [4.78, 5) is 18.1. The molecule has 3 rings (SSSR count). The lowest BCUT2D eigenvalue weighted by molar-refractivity contribution is -0.137. The average Bonchev–Trinajstić information content (AvgIpc) is 2.98. The number of hydrogen-bond acceptors (Lipinski definition) is 3. The van der Waals surface area contributed by atoms with Gasteiger partial charge in [-0.2, -0.15) is 0 Å². The Balaban J connectivity index is 1.72. The number of unbranched alkanes of at least 4 members (excludes halogenated alkanes) is 1. The molecule has 0 bridgehead atoms. The highest BCUT2D eigenvalue weighted by Crippen LogP contribution is 2.31. The summed E-state index contributed by atoms with van der Waals surface area (Å²) in [6.45, 7) is 7.59. The Morgan fingerprint density at radius 1 is 1.32 bits per heavy atom. The molecule has 1 fully saturated rings. The first kappa shape index (κ1) is 17.9. The molecule has 1 saturated heterocycles. The smallest absolute Gasteiger partial charge is 0.303 e. The molecule has 1 aliphatic heterocycles. The molecular weight excluding hydrogens is 314 g/mol. The van der Waals surface area contributed by atoms with Crippen LogP contribution in [0.1, 0.15) is 63.7 Å². The lowest BCUT2D eigenvalue weighted by atomic mass is 9.96. The molecule has 1 unspecified atom stereocenters. The molecule has 2 heterocycles. The summed E-state index contributed by atoms with van der Waals surface area (Å²) >= 11 is 0.